The minimum Gasteiger partial charge on any atom is -0.361 e. The Hall–Kier alpha value is -1.40. The first-order valence-corrected chi connectivity index (χ1v) is 7.50. The molecule has 7 heteroatoms. The van der Waals surface area contributed by atoms with E-state index >= 15 is 0 Å². The van der Waals surface area contributed by atoms with Crippen molar-refractivity contribution in [2.75, 3.05) is 6.26 Å². The molecule has 2 aromatic heterocycles. The smallest absolute Gasteiger partial charge is 0.194 e. The van der Waals surface area contributed by atoms with Gasteiger partial charge in [0, 0.05) is 30.5 Å². The maximum Gasteiger partial charge on any atom is 0.194 e. The van der Waals surface area contributed by atoms with Crippen molar-refractivity contribution in [2.24, 2.45) is 0 Å². The predicted molar refractivity (Wildman–Crippen MR) is 67.2 cm³/mol. The zero-order valence-electron chi connectivity index (χ0n) is 9.84. The number of aryl methyl sites for hydroxylation is 1. The number of hydrogen-bond acceptors (Lipinski definition) is 5. The van der Waals surface area contributed by atoms with Crippen molar-refractivity contribution in [1.82, 2.24) is 10.1 Å². The molecule has 0 bridgehead atoms. The van der Waals surface area contributed by atoms with Crippen LogP contribution in [0, 0.1) is 0 Å². The molecule has 0 spiro atoms. The highest BCUT2D eigenvalue weighted by atomic mass is 35.5. The summed E-state index contributed by atoms with van der Waals surface area (Å²) in [5.74, 6) is 0.744. The van der Waals surface area contributed by atoms with Crippen LogP contribution in [0.4, 0.5) is 0 Å². The lowest BCUT2D eigenvalue weighted by Gasteiger charge is -2.02. The summed E-state index contributed by atoms with van der Waals surface area (Å²) < 4.78 is 27.8. The van der Waals surface area contributed by atoms with E-state index in [0.717, 1.165) is 18.4 Å². The third-order valence-electron chi connectivity index (χ3n) is 2.36. The quantitative estimate of drug-likeness (QED) is 0.866. The van der Waals surface area contributed by atoms with Crippen LogP contribution in [0.3, 0.4) is 0 Å². The summed E-state index contributed by atoms with van der Waals surface area (Å²) in [6.45, 7) is 1.95. The van der Waals surface area contributed by atoms with Crippen LogP contribution >= 0.6 is 11.6 Å². The molecule has 2 rings (SSSR count). The van der Waals surface area contributed by atoms with Gasteiger partial charge in [-0.3, -0.25) is 0 Å². The zero-order valence-corrected chi connectivity index (χ0v) is 11.4. The van der Waals surface area contributed by atoms with E-state index in [-0.39, 0.29) is 10.0 Å². The molecule has 0 fully saturated rings. The van der Waals surface area contributed by atoms with Crippen molar-refractivity contribution in [3.63, 3.8) is 0 Å². The molecule has 18 heavy (non-hydrogen) atoms. The highest BCUT2D eigenvalue weighted by Crippen LogP contribution is 2.26. The third-order valence-corrected chi connectivity index (χ3v) is 3.79. The molecule has 0 atom stereocenters. The Morgan fingerprint density at radius 3 is 2.61 bits per heavy atom. The van der Waals surface area contributed by atoms with Crippen LogP contribution in [-0.4, -0.2) is 24.8 Å². The van der Waals surface area contributed by atoms with Gasteiger partial charge in [0.2, 0.25) is 0 Å². The van der Waals surface area contributed by atoms with Crippen LogP contribution in [-0.2, 0) is 16.3 Å². The van der Waals surface area contributed by atoms with Gasteiger partial charge in [0.25, 0.3) is 0 Å². The number of aromatic nitrogens is 2. The maximum atomic E-state index is 11.4. The monoisotopic (exact) mass is 286 g/mol. The van der Waals surface area contributed by atoms with Crippen molar-refractivity contribution >= 4 is 21.4 Å². The molecule has 0 saturated heterocycles. The van der Waals surface area contributed by atoms with E-state index in [4.69, 9.17) is 16.1 Å². The van der Waals surface area contributed by atoms with Crippen LogP contribution < -0.4 is 0 Å². The van der Waals surface area contributed by atoms with Gasteiger partial charge in [0.1, 0.15) is 11.5 Å². The highest BCUT2D eigenvalue weighted by molar-refractivity contribution is 7.90. The fraction of sp³-hybridized carbons (Fsp3) is 0.273. The van der Waals surface area contributed by atoms with E-state index in [1.165, 1.54) is 12.3 Å². The summed E-state index contributed by atoms with van der Waals surface area (Å²) in [5, 5.41) is 3.81. The highest BCUT2D eigenvalue weighted by Gasteiger charge is 2.16. The van der Waals surface area contributed by atoms with Crippen molar-refractivity contribution in [3.05, 3.63) is 29.1 Å². The summed E-state index contributed by atoms with van der Waals surface area (Å²) in [4.78, 5) is 3.86. The van der Waals surface area contributed by atoms with Crippen LogP contribution in [0.5, 0.6) is 0 Å². The molecular formula is C11H11ClN2O3S. The molecule has 96 valence electrons. The Balaban J connectivity index is 2.46. The second-order valence-electron chi connectivity index (χ2n) is 3.82. The van der Waals surface area contributed by atoms with Crippen molar-refractivity contribution in [2.45, 2.75) is 18.4 Å². The lowest BCUT2D eigenvalue weighted by atomic mass is 10.2. The first kappa shape index (κ1) is 13.0. The zero-order chi connectivity index (χ0) is 13.3. The Morgan fingerprint density at radius 2 is 2.11 bits per heavy atom. The first-order valence-electron chi connectivity index (χ1n) is 5.23. The summed E-state index contributed by atoms with van der Waals surface area (Å²) in [5.41, 5.74) is 1.21. The predicted octanol–water partition coefficient (Wildman–Crippen LogP) is 2.36. The number of nitrogens with zero attached hydrogens (tertiary/aromatic N) is 2. The number of pyridine rings is 1. The van der Waals surface area contributed by atoms with Crippen LogP contribution in [0.15, 0.2) is 27.9 Å². The summed E-state index contributed by atoms with van der Waals surface area (Å²) in [6, 6.07) is 3.29. The van der Waals surface area contributed by atoms with Gasteiger partial charge in [0.15, 0.2) is 14.9 Å². The van der Waals surface area contributed by atoms with Gasteiger partial charge in [-0.05, 0) is 6.07 Å². The lowest BCUT2D eigenvalue weighted by molar-refractivity contribution is 0.389. The van der Waals surface area contributed by atoms with E-state index in [9.17, 15) is 8.42 Å². The van der Waals surface area contributed by atoms with Crippen molar-refractivity contribution in [3.8, 4) is 11.3 Å². The molecule has 0 aliphatic rings. The maximum absolute atomic E-state index is 11.4. The van der Waals surface area contributed by atoms with E-state index < -0.39 is 9.84 Å². The number of rotatable bonds is 3. The molecule has 0 aromatic carbocycles. The molecule has 0 N–H and O–H groups in total. The Kier molecular flexibility index (Phi) is 3.41. The van der Waals surface area contributed by atoms with E-state index in [1.54, 1.807) is 6.07 Å². The standard InChI is InChI=1S/C11H11ClN2O3S/c1-3-8-5-10(14-17-8)7-4-9(12)11(13-6-7)18(2,15)16/h4-6H,3H2,1-2H3. The van der Waals surface area contributed by atoms with Gasteiger partial charge in [-0.15, -0.1) is 0 Å². The van der Waals surface area contributed by atoms with Crippen molar-refractivity contribution < 1.29 is 12.9 Å². The Morgan fingerprint density at radius 1 is 1.39 bits per heavy atom. The summed E-state index contributed by atoms with van der Waals surface area (Å²) in [6.07, 6.45) is 3.21. The van der Waals surface area contributed by atoms with Crippen LogP contribution in [0.1, 0.15) is 12.7 Å². The fourth-order valence-corrected chi connectivity index (χ4v) is 2.70. The summed E-state index contributed by atoms with van der Waals surface area (Å²) >= 11 is 5.90. The lowest BCUT2D eigenvalue weighted by Crippen LogP contribution is -2.01. The topological polar surface area (TPSA) is 73.1 Å². The molecule has 0 unspecified atom stereocenters. The largest absolute Gasteiger partial charge is 0.361 e. The van der Waals surface area contributed by atoms with Gasteiger partial charge < -0.3 is 4.52 Å². The van der Waals surface area contributed by atoms with Gasteiger partial charge in [0.05, 0.1) is 5.02 Å². The third kappa shape index (κ3) is 2.54. The average molecular weight is 287 g/mol. The second kappa shape index (κ2) is 4.70. The molecule has 5 nitrogen and oxygen atoms in total. The molecule has 0 amide bonds. The SMILES string of the molecule is CCc1cc(-c2cnc(S(C)(=O)=O)c(Cl)c2)no1. The molecule has 0 aliphatic heterocycles. The van der Waals surface area contributed by atoms with Crippen LogP contribution in [0.25, 0.3) is 11.3 Å². The number of sulfone groups is 1. The Bertz CT molecular complexity index is 679. The first-order chi connectivity index (χ1) is 8.41. The summed E-state index contributed by atoms with van der Waals surface area (Å²) in [7, 11) is -3.42. The van der Waals surface area contributed by atoms with Gasteiger partial charge >= 0.3 is 0 Å². The Labute approximate surface area is 110 Å². The molecule has 0 saturated carbocycles. The molecular weight excluding hydrogens is 276 g/mol. The molecule has 2 heterocycles. The van der Waals surface area contributed by atoms with E-state index in [1.807, 2.05) is 6.92 Å². The number of halogens is 1. The van der Waals surface area contributed by atoms with E-state index in [2.05, 4.69) is 10.1 Å². The van der Waals surface area contributed by atoms with Crippen molar-refractivity contribution in [1.29, 1.82) is 0 Å². The molecule has 0 aliphatic carbocycles. The minimum atomic E-state index is -3.42. The van der Waals surface area contributed by atoms with Gasteiger partial charge in [-0.25, -0.2) is 13.4 Å². The number of hydrogen-bond donors (Lipinski definition) is 0. The van der Waals surface area contributed by atoms with Crippen LogP contribution in [0.2, 0.25) is 5.02 Å². The van der Waals surface area contributed by atoms with Gasteiger partial charge in [-0.2, -0.15) is 0 Å². The normalized spacial score (nSPS) is 11.7. The van der Waals surface area contributed by atoms with E-state index in [0.29, 0.717) is 11.3 Å². The average Bonchev–Trinajstić information content (AvgIpc) is 2.75. The molecule has 0 radical (unpaired) electrons. The minimum absolute atomic E-state index is 0.0797. The fourth-order valence-electron chi connectivity index (χ4n) is 1.45. The molecule has 2 aromatic rings. The van der Waals surface area contributed by atoms with Gasteiger partial charge in [-0.1, -0.05) is 23.7 Å². The second-order valence-corrected chi connectivity index (χ2v) is 6.15.